The van der Waals surface area contributed by atoms with Crippen molar-refractivity contribution < 1.29 is 19.1 Å². The second kappa shape index (κ2) is 7.43. The molecule has 2 amide bonds. The van der Waals surface area contributed by atoms with Crippen LogP contribution < -0.4 is 10.6 Å². The number of nitrogens with zero attached hydrogens (tertiary/aromatic N) is 1. The highest BCUT2D eigenvalue weighted by Gasteiger charge is 2.29. The van der Waals surface area contributed by atoms with E-state index >= 15 is 0 Å². The molecule has 1 fully saturated rings. The van der Waals surface area contributed by atoms with Crippen LogP contribution in [0.1, 0.15) is 28.9 Å². The summed E-state index contributed by atoms with van der Waals surface area (Å²) in [5.74, 6) is -0.934. The fourth-order valence-corrected chi connectivity index (χ4v) is 2.76. The van der Waals surface area contributed by atoms with E-state index in [4.69, 9.17) is 4.74 Å². The van der Waals surface area contributed by atoms with Crippen molar-refractivity contribution in [3.8, 4) is 0 Å². The lowest BCUT2D eigenvalue weighted by atomic mass is 10.2. The SMILES string of the molecule is Cc1csc(NC(=O)COC(=O)c2ccc(NC(=O)C3CC3)cc2)n1. The number of hydrogen-bond donors (Lipinski definition) is 2. The zero-order chi connectivity index (χ0) is 17.8. The average Bonchev–Trinajstić information content (AvgIpc) is 3.37. The van der Waals surface area contributed by atoms with Crippen LogP contribution in [-0.4, -0.2) is 29.4 Å². The molecule has 25 heavy (non-hydrogen) atoms. The van der Waals surface area contributed by atoms with E-state index in [1.165, 1.54) is 11.3 Å². The molecule has 1 saturated carbocycles. The Morgan fingerprint density at radius 1 is 1.20 bits per heavy atom. The third kappa shape index (κ3) is 4.87. The maximum Gasteiger partial charge on any atom is 0.338 e. The molecule has 1 aromatic heterocycles. The molecule has 0 saturated heterocycles. The molecule has 8 heteroatoms. The van der Waals surface area contributed by atoms with Gasteiger partial charge in [0.05, 0.1) is 11.3 Å². The molecule has 1 aromatic carbocycles. The van der Waals surface area contributed by atoms with Crippen molar-refractivity contribution in [1.82, 2.24) is 4.98 Å². The van der Waals surface area contributed by atoms with Crippen molar-refractivity contribution >= 4 is 39.9 Å². The molecule has 0 atom stereocenters. The van der Waals surface area contributed by atoms with Crippen LogP contribution in [0.25, 0.3) is 0 Å². The molecule has 0 radical (unpaired) electrons. The largest absolute Gasteiger partial charge is 0.452 e. The normalized spacial score (nSPS) is 13.2. The summed E-state index contributed by atoms with van der Waals surface area (Å²) in [6.07, 6.45) is 1.86. The van der Waals surface area contributed by atoms with Gasteiger partial charge in [0.2, 0.25) is 5.91 Å². The number of thiazole rings is 1. The third-order valence-corrected chi connectivity index (χ3v) is 4.41. The van der Waals surface area contributed by atoms with Crippen molar-refractivity contribution in [3.05, 3.63) is 40.9 Å². The van der Waals surface area contributed by atoms with E-state index < -0.39 is 18.5 Å². The van der Waals surface area contributed by atoms with Gasteiger partial charge in [0.1, 0.15) is 0 Å². The predicted octanol–water partition coefficient (Wildman–Crippen LogP) is 2.60. The van der Waals surface area contributed by atoms with Gasteiger partial charge in [-0.1, -0.05) is 0 Å². The summed E-state index contributed by atoms with van der Waals surface area (Å²) >= 11 is 1.30. The molecule has 0 spiro atoms. The molecule has 1 aliphatic rings. The molecule has 2 N–H and O–H groups in total. The Morgan fingerprint density at radius 2 is 1.92 bits per heavy atom. The van der Waals surface area contributed by atoms with Gasteiger partial charge in [-0.3, -0.25) is 14.9 Å². The fraction of sp³-hybridized carbons (Fsp3) is 0.294. The zero-order valence-electron chi connectivity index (χ0n) is 13.6. The first-order chi connectivity index (χ1) is 12.0. The highest BCUT2D eigenvalue weighted by molar-refractivity contribution is 7.13. The molecule has 0 bridgehead atoms. The maximum absolute atomic E-state index is 12.0. The zero-order valence-corrected chi connectivity index (χ0v) is 14.4. The average molecular weight is 359 g/mol. The monoisotopic (exact) mass is 359 g/mol. The predicted molar refractivity (Wildman–Crippen MR) is 93.6 cm³/mol. The molecular weight excluding hydrogens is 342 g/mol. The Hall–Kier alpha value is -2.74. The van der Waals surface area contributed by atoms with Crippen LogP contribution in [0.2, 0.25) is 0 Å². The molecule has 7 nitrogen and oxygen atoms in total. The first-order valence-corrected chi connectivity index (χ1v) is 8.69. The number of benzene rings is 1. The topological polar surface area (TPSA) is 97.4 Å². The minimum absolute atomic E-state index is 0.00409. The minimum atomic E-state index is -0.606. The number of nitrogens with one attached hydrogen (secondary N) is 2. The second-order valence-electron chi connectivity index (χ2n) is 5.76. The minimum Gasteiger partial charge on any atom is -0.452 e. The summed E-state index contributed by atoms with van der Waals surface area (Å²) in [5, 5.41) is 7.63. The Morgan fingerprint density at radius 3 is 2.52 bits per heavy atom. The van der Waals surface area contributed by atoms with Gasteiger partial charge in [0, 0.05) is 17.0 Å². The van der Waals surface area contributed by atoms with Crippen molar-refractivity contribution in [2.24, 2.45) is 5.92 Å². The van der Waals surface area contributed by atoms with Gasteiger partial charge in [0.25, 0.3) is 5.91 Å². The number of carbonyl (C=O) groups excluding carboxylic acids is 3. The number of anilines is 2. The number of rotatable bonds is 6. The number of ether oxygens (including phenoxy) is 1. The van der Waals surface area contributed by atoms with E-state index in [2.05, 4.69) is 15.6 Å². The van der Waals surface area contributed by atoms with Gasteiger partial charge in [-0.05, 0) is 44.0 Å². The molecule has 0 unspecified atom stereocenters. The number of aromatic nitrogens is 1. The second-order valence-corrected chi connectivity index (χ2v) is 6.62. The lowest BCUT2D eigenvalue weighted by Gasteiger charge is -2.07. The van der Waals surface area contributed by atoms with Gasteiger partial charge in [-0.15, -0.1) is 11.3 Å². The van der Waals surface area contributed by atoms with E-state index in [0.717, 1.165) is 18.5 Å². The van der Waals surface area contributed by atoms with Crippen LogP contribution >= 0.6 is 11.3 Å². The summed E-state index contributed by atoms with van der Waals surface area (Å²) < 4.78 is 4.98. The molecule has 1 aliphatic carbocycles. The number of carbonyl (C=O) groups is 3. The van der Waals surface area contributed by atoms with Gasteiger partial charge in [0.15, 0.2) is 11.7 Å². The van der Waals surface area contributed by atoms with E-state index in [1.807, 2.05) is 12.3 Å². The molecule has 130 valence electrons. The van der Waals surface area contributed by atoms with Gasteiger partial charge >= 0.3 is 5.97 Å². The Kier molecular flexibility index (Phi) is 5.08. The summed E-state index contributed by atoms with van der Waals surface area (Å²) in [5.41, 5.74) is 1.75. The molecule has 1 heterocycles. The van der Waals surface area contributed by atoms with Crippen molar-refractivity contribution in [2.75, 3.05) is 17.2 Å². The van der Waals surface area contributed by atoms with E-state index in [0.29, 0.717) is 16.4 Å². The summed E-state index contributed by atoms with van der Waals surface area (Å²) in [6.45, 7) is 1.43. The standard InChI is InChI=1S/C17H17N3O4S/c1-10-9-25-17(18-10)20-14(21)8-24-16(23)12-4-6-13(7-5-12)19-15(22)11-2-3-11/h4-7,9,11H,2-3,8H2,1H3,(H,19,22)(H,18,20,21). The Labute approximate surface area is 148 Å². The number of esters is 1. The Balaban J connectivity index is 1.47. The maximum atomic E-state index is 12.0. The van der Waals surface area contributed by atoms with Crippen LogP contribution in [0.5, 0.6) is 0 Å². The summed E-state index contributed by atoms with van der Waals surface area (Å²) in [4.78, 5) is 39.5. The van der Waals surface area contributed by atoms with Gasteiger partial charge < -0.3 is 10.1 Å². The van der Waals surface area contributed by atoms with Crippen molar-refractivity contribution in [1.29, 1.82) is 0 Å². The molecular formula is C17H17N3O4S. The summed E-state index contributed by atoms with van der Waals surface area (Å²) in [7, 11) is 0. The highest BCUT2D eigenvalue weighted by Crippen LogP contribution is 2.30. The molecule has 3 rings (SSSR count). The highest BCUT2D eigenvalue weighted by atomic mass is 32.1. The van der Waals surface area contributed by atoms with E-state index in [9.17, 15) is 14.4 Å². The van der Waals surface area contributed by atoms with Crippen LogP contribution in [-0.2, 0) is 14.3 Å². The van der Waals surface area contributed by atoms with Crippen molar-refractivity contribution in [2.45, 2.75) is 19.8 Å². The van der Waals surface area contributed by atoms with Gasteiger partial charge in [-0.2, -0.15) is 0 Å². The number of amides is 2. The Bertz CT molecular complexity index is 796. The van der Waals surface area contributed by atoms with Crippen molar-refractivity contribution in [3.63, 3.8) is 0 Å². The van der Waals surface area contributed by atoms with Crippen LogP contribution in [0.3, 0.4) is 0 Å². The van der Waals surface area contributed by atoms with Crippen LogP contribution in [0.15, 0.2) is 29.6 Å². The number of aryl methyl sites for hydroxylation is 1. The molecule has 0 aliphatic heterocycles. The lowest BCUT2D eigenvalue weighted by molar-refractivity contribution is -0.119. The van der Waals surface area contributed by atoms with Gasteiger partial charge in [-0.25, -0.2) is 9.78 Å². The smallest absolute Gasteiger partial charge is 0.338 e. The summed E-state index contributed by atoms with van der Waals surface area (Å²) in [6, 6.07) is 6.37. The van der Waals surface area contributed by atoms with E-state index in [1.54, 1.807) is 24.3 Å². The first-order valence-electron chi connectivity index (χ1n) is 7.81. The number of hydrogen-bond acceptors (Lipinski definition) is 6. The fourth-order valence-electron chi connectivity index (χ4n) is 2.06. The lowest BCUT2D eigenvalue weighted by Crippen LogP contribution is -2.21. The van der Waals surface area contributed by atoms with Crippen LogP contribution in [0.4, 0.5) is 10.8 Å². The van der Waals surface area contributed by atoms with Crippen LogP contribution in [0, 0.1) is 12.8 Å². The molecule has 2 aromatic rings. The van der Waals surface area contributed by atoms with E-state index in [-0.39, 0.29) is 11.8 Å². The first kappa shape index (κ1) is 17.1. The quantitative estimate of drug-likeness (QED) is 0.773. The third-order valence-electron chi connectivity index (χ3n) is 3.54.